The lowest BCUT2D eigenvalue weighted by Crippen LogP contribution is -2.30. The number of hydrogen-bond donors (Lipinski definition) is 3. The van der Waals surface area contributed by atoms with Gasteiger partial charge < -0.3 is 15.0 Å². The normalized spacial score (nSPS) is 10.4. The number of amides is 2. The van der Waals surface area contributed by atoms with E-state index in [1.54, 1.807) is 4.57 Å². The summed E-state index contributed by atoms with van der Waals surface area (Å²) in [7, 11) is 1.81. The van der Waals surface area contributed by atoms with Crippen LogP contribution in [0.1, 0.15) is 12.8 Å². The van der Waals surface area contributed by atoms with E-state index in [2.05, 4.69) is 15.6 Å². The monoisotopic (exact) mass is 276 g/mol. The Bertz CT molecular complexity index is 636. The van der Waals surface area contributed by atoms with E-state index in [-0.39, 0.29) is 6.42 Å². The van der Waals surface area contributed by atoms with Gasteiger partial charge in [0.2, 0.25) is 5.95 Å². The number of aliphatic carboxylic acids is 1. The Morgan fingerprint density at radius 2 is 2.10 bits per heavy atom. The number of aryl methyl sites for hydroxylation is 1. The van der Waals surface area contributed by atoms with Crippen molar-refractivity contribution in [2.24, 2.45) is 7.05 Å². The average molecular weight is 276 g/mol. The highest BCUT2D eigenvalue weighted by atomic mass is 16.4. The van der Waals surface area contributed by atoms with Crippen LogP contribution in [-0.4, -0.2) is 33.2 Å². The number of anilines is 1. The number of carboxylic acids is 1. The molecular weight excluding hydrogens is 260 g/mol. The summed E-state index contributed by atoms with van der Waals surface area (Å²) in [6.45, 7) is 0.308. The molecule has 106 valence electrons. The molecule has 0 bridgehead atoms. The van der Waals surface area contributed by atoms with Crippen LogP contribution >= 0.6 is 0 Å². The van der Waals surface area contributed by atoms with Gasteiger partial charge in [0, 0.05) is 20.0 Å². The Balaban J connectivity index is 1.93. The third kappa shape index (κ3) is 3.25. The topological polar surface area (TPSA) is 96.2 Å². The van der Waals surface area contributed by atoms with Crippen LogP contribution < -0.4 is 10.6 Å². The second-order valence-electron chi connectivity index (χ2n) is 4.36. The van der Waals surface area contributed by atoms with Crippen molar-refractivity contribution in [1.82, 2.24) is 14.9 Å². The van der Waals surface area contributed by atoms with Gasteiger partial charge in [-0.05, 0) is 18.6 Å². The lowest BCUT2D eigenvalue weighted by molar-refractivity contribution is -0.137. The maximum Gasteiger partial charge on any atom is 0.321 e. The Kier molecular flexibility index (Phi) is 4.19. The summed E-state index contributed by atoms with van der Waals surface area (Å²) in [5.41, 5.74) is 1.73. The van der Waals surface area contributed by atoms with Crippen molar-refractivity contribution in [3.8, 4) is 0 Å². The Hall–Kier alpha value is -2.57. The molecule has 2 rings (SSSR count). The van der Waals surface area contributed by atoms with Gasteiger partial charge in [-0.2, -0.15) is 0 Å². The van der Waals surface area contributed by atoms with Gasteiger partial charge in [-0.1, -0.05) is 12.1 Å². The molecule has 0 saturated heterocycles. The number of para-hydroxylation sites is 2. The van der Waals surface area contributed by atoms with Gasteiger partial charge in [-0.3, -0.25) is 10.1 Å². The van der Waals surface area contributed by atoms with Crippen molar-refractivity contribution in [2.75, 3.05) is 11.9 Å². The van der Waals surface area contributed by atoms with E-state index in [0.29, 0.717) is 18.9 Å². The predicted octanol–water partition coefficient (Wildman–Crippen LogP) is 1.56. The zero-order valence-corrected chi connectivity index (χ0v) is 11.1. The number of rotatable bonds is 5. The summed E-state index contributed by atoms with van der Waals surface area (Å²) in [5, 5.41) is 13.7. The first-order valence-corrected chi connectivity index (χ1v) is 6.26. The van der Waals surface area contributed by atoms with Crippen molar-refractivity contribution in [3.05, 3.63) is 24.3 Å². The van der Waals surface area contributed by atoms with Crippen LogP contribution in [0, 0.1) is 0 Å². The van der Waals surface area contributed by atoms with Crippen LogP contribution in [-0.2, 0) is 11.8 Å². The second kappa shape index (κ2) is 6.05. The number of carboxylic acid groups (broad SMARTS) is 1. The molecule has 7 nitrogen and oxygen atoms in total. The SMILES string of the molecule is Cn1c(NC(=O)NCCCC(=O)O)nc2ccccc21. The van der Waals surface area contributed by atoms with E-state index in [1.165, 1.54) is 0 Å². The molecule has 0 saturated carbocycles. The number of fused-ring (bicyclic) bond motifs is 1. The quantitative estimate of drug-likeness (QED) is 0.722. The number of carbonyl (C=O) groups is 2. The van der Waals surface area contributed by atoms with Gasteiger partial charge in [0.25, 0.3) is 0 Å². The summed E-state index contributed by atoms with van der Waals surface area (Å²) >= 11 is 0. The van der Waals surface area contributed by atoms with E-state index in [9.17, 15) is 9.59 Å². The molecule has 20 heavy (non-hydrogen) atoms. The fourth-order valence-corrected chi connectivity index (χ4v) is 1.84. The largest absolute Gasteiger partial charge is 0.481 e. The van der Waals surface area contributed by atoms with Gasteiger partial charge in [0.1, 0.15) is 0 Å². The van der Waals surface area contributed by atoms with Gasteiger partial charge in [0.15, 0.2) is 0 Å². The molecule has 0 unspecified atom stereocenters. The minimum absolute atomic E-state index is 0.0343. The third-order valence-electron chi connectivity index (χ3n) is 2.87. The zero-order chi connectivity index (χ0) is 14.5. The molecule has 0 atom stereocenters. The summed E-state index contributed by atoms with van der Waals surface area (Å²) in [6, 6.07) is 7.17. The molecule has 3 N–H and O–H groups in total. The summed E-state index contributed by atoms with van der Waals surface area (Å²) < 4.78 is 1.78. The third-order valence-corrected chi connectivity index (χ3v) is 2.87. The van der Waals surface area contributed by atoms with E-state index in [4.69, 9.17) is 5.11 Å². The predicted molar refractivity (Wildman–Crippen MR) is 74.6 cm³/mol. The number of imidazole rings is 1. The second-order valence-corrected chi connectivity index (χ2v) is 4.36. The number of aromatic nitrogens is 2. The number of urea groups is 1. The minimum Gasteiger partial charge on any atom is -0.481 e. The highest BCUT2D eigenvalue weighted by Gasteiger charge is 2.09. The van der Waals surface area contributed by atoms with Gasteiger partial charge in [-0.25, -0.2) is 9.78 Å². The van der Waals surface area contributed by atoms with Crippen molar-refractivity contribution in [1.29, 1.82) is 0 Å². The molecule has 0 aliphatic heterocycles. The molecule has 2 aromatic rings. The summed E-state index contributed by atoms with van der Waals surface area (Å²) in [5.74, 6) is -0.426. The lowest BCUT2D eigenvalue weighted by Gasteiger charge is -2.06. The number of hydrogen-bond acceptors (Lipinski definition) is 3. The van der Waals surface area contributed by atoms with E-state index in [0.717, 1.165) is 11.0 Å². The summed E-state index contributed by atoms with van der Waals surface area (Å²) in [6.07, 6.45) is 0.428. The summed E-state index contributed by atoms with van der Waals surface area (Å²) in [4.78, 5) is 26.3. The molecule has 0 spiro atoms. The first-order valence-electron chi connectivity index (χ1n) is 6.26. The maximum atomic E-state index is 11.7. The Morgan fingerprint density at radius 1 is 1.35 bits per heavy atom. The molecule has 1 aromatic heterocycles. The highest BCUT2D eigenvalue weighted by molar-refractivity contribution is 5.90. The molecule has 7 heteroatoms. The van der Waals surface area contributed by atoms with Crippen LogP contribution in [0.15, 0.2) is 24.3 Å². The number of benzene rings is 1. The van der Waals surface area contributed by atoms with Gasteiger partial charge in [0.05, 0.1) is 11.0 Å². The lowest BCUT2D eigenvalue weighted by atomic mass is 10.3. The van der Waals surface area contributed by atoms with Crippen molar-refractivity contribution in [2.45, 2.75) is 12.8 Å². The van der Waals surface area contributed by atoms with E-state index in [1.807, 2.05) is 31.3 Å². The Morgan fingerprint density at radius 3 is 2.80 bits per heavy atom. The molecule has 0 aliphatic rings. The van der Waals surface area contributed by atoms with Crippen molar-refractivity contribution in [3.63, 3.8) is 0 Å². The fraction of sp³-hybridized carbons (Fsp3) is 0.308. The van der Waals surface area contributed by atoms with Crippen molar-refractivity contribution < 1.29 is 14.7 Å². The smallest absolute Gasteiger partial charge is 0.321 e. The van der Waals surface area contributed by atoms with E-state index >= 15 is 0 Å². The van der Waals surface area contributed by atoms with Crippen molar-refractivity contribution >= 4 is 29.0 Å². The van der Waals surface area contributed by atoms with Crippen LogP contribution in [0.25, 0.3) is 11.0 Å². The molecule has 1 heterocycles. The first-order chi connectivity index (χ1) is 9.58. The molecule has 0 radical (unpaired) electrons. The number of nitrogens with zero attached hydrogens (tertiary/aromatic N) is 2. The van der Waals surface area contributed by atoms with Crippen LogP contribution in [0.4, 0.5) is 10.7 Å². The molecule has 0 aliphatic carbocycles. The van der Waals surface area contributed by atoms with Crippen LogP contribution in [0.2, 0.25) is 0 Å². The van der Waals surface area contributed by atoms with Gasteiger partial charge >= 0.3 is 12.0 Å². The van der Waals surface area contributed by atoms with Gasteiger partial charge in [-0.15, -0.1) is 0 Å². The standard InChI is InChI=1S/C13H16N4O3/c1-17-10-6-3-2-5-9(10)15-12(17)16-13(20)14-8-4-7-11(18)19/h2-3,5-6H,4,7-8H2,1H3,(H,18,19)(H2,14,15,16,20). The molecule has 0 fully saturated rings. The Labute approximate surface area is 115 Å². The molecular formula is C13H16N4O3. The fourth-order valence-electron chi connectivity index (χ4n) is 1.84. The molecule has 2 amide bonds. The number of nitrogens with one attached hydrogen (secondary N) is 2. The van der Waals surface area contributed by atoms with E-state index < -0.39 is 12.0 Å². The first kappa shape index (κ1) is 13.9. The highest BCUT2D eigenvalue weighted by Crippen LogP contribution is 2.17. The number of carbonyl (C=O) groups excluding carboxylic acids is 1. The zero-order valence-electron chi connectivity index (χ0n) is 11.1. The molecule has 1 aromatic carbocycles. The van der Waals surface area contributed by atoms with Crippen LogP contribution in [0.3, 0.4) is 0 Å². The average Bonchev–Trinajstić information content (AvgIpc) is 2.72. The maximum absolute atomic E-state index is 11.7. The minimum atomic E-state index is -0.873. The van der Waals surface area contributed by atoms with Crippen LogP contribution in [0.5, 0.6) is 0 Å².